The van der Waals surface area contributed by atoms with E-state index in [1.54, 1.807) is 12.4 Å². The highest BCUT2D eigenvalue weighted by Gasteiger charge is 2.43. The van der Waals surface area contributed by atoms with Crippen molar-refractivity contribution in [2.75, 3.05) is 26.2 Å². The number of nitrogens with two attached hydrogens (primary N) is 1. The zero-order valence-corrected chi connectivity index (χ0v) is 22.7. The van der Waals surface area contributed by atoms with Crippen LogP contribution in [-0.2, 0) is 25.9 Å². The minimum Gasteiger partial charge on any atom is -0.366 e. The van der Waals surface area contributed by atoms with E-state index in [0.29, 0.717) is 23.8 Å². The minimum absolute atomic E-state index is 0.372. The second kappa shape index (κ2) is 10.5. The lowest BCUT2D eigenvalue weighted by molar-refractivity contribution is 0.0999. The highest BCUT2D eigenvalue weighted by Crippen LogP contribution is 2.41. The molecule has 1 aromatic carbocycles. The molecular formula is C29H35N7OS. The number of carbonyl (C=O) groups excluding carboxylic acids is 1. The van der Waals surface area contributed by atoms with E-state index in [9.17, 15) is 4.79 Å². The third kappa shape index (κ3) is 5.18. The molecule has 1 atom stereocenters. The van der Waals surface area contributed by atoms with E-state index in [1.165, 1.54) is 41.9 Å². The van der Waals surface area contributed by atoms with Crippen molar-refractivity contribution in [2.24, 2.45) is 11.1 Å². The van der Waals surface area contributed by atoms with E-state index >= 15 is 0 Å². The lowest BCUT2D eigenvalue weighted by atomic mass is 9.86. The minimum atomic E-state index is -0.411. The smallest absolute Gasteiger partial charge is 0.249 e. The first-order valence-corrected chi connectivity index (χ1v) is 14.2. The Hall–Kier alpha value is -3.27. The van der Waals surface area contributed by atoms with Crippen LogP contribution in [-0.4, -0.2) is 61.8 Å². The maximum atomic E-state index is 12.4. The van der Waals surface area contributed by atoms with Crippen molar-refractivity contribution in [1.82, 2.24) is 29.7 Å². The van der Waals surface area contributed by atoms with Gasteiger partial charge in [-0.05, 0) is 78.0 Å². The number of aromatic nitrogens is 4. The molecule has 4 aromatic rings. The highest BCUT2D eigenvalue weighted by molar-refractivity contribution is 7.10. The molecule has 1 unspecified atom stereocenters. The van der Waals surface area contributed by atoms with Crippen molar-refractivity contribution in [2.45, 2.75) is 45.7 Å². The molecule has 2 aliphatic rings. The Balaban J connectivity index is 1.23. The van der Waals surface area contributed by atoms with Crippen LogP contribution in [0.2, 0.25) is 0 Å². The van der Waals surface area contributed by atoms with E-state index in [4.69, 9.17) is 5.73 Å². The van der Waals surface area contributed by atoms with E-state index in [2.05, 4.69) is 54.2 Å². The number of nitrogens with zero attached hydrogens (tertiary/aromatic N) is 4. The number of imidazole rings is 2. The molecule has 1 spiro atoms. The van der Waals surface area contributed by atoms with Gasteiger partial charge in [-0.15, -0.1) is 11.3 Å². The van der Waals surface area contributed by atoms with Gasteiger partial charge in [0.1, 0.15) is 11.6 Å². The number of thiophene rings is 1. The molecule has 5 heterocycles. The summed E-state index contributed by atoms with van der Waals surface area (Å²) in [4.78, 5) is 34.5. The third-order valence-electron chi connectivity index (χ3n) is 8.36. The van der Waals surface area contributed by atoms with Crippen molar-refractivity contribution in [3.05, 3.63) is 92.7 Å². The van der Waals surface area contributed by atoms with Crippen molar-refractivity contribution in [1.29, 1.82) is 0 Å². The SMILES string of the molecule is Cc1ccsc1CN1CCC2(CCN(Cc3ccc(C(N)=O)c(Cc4ncc[nH]4)c3Cc3ncc[nH]3)C2)C1. The standard InChI is InChI=1S/C29H35N7OS/c1-20-4-13-38-25(20)17-36-12-6-29(19-36)5-11-35(18-29)16-21-2-3-22(28(30)37)24(15-27-33-9-10-34-27)23(21)14-26-31-7-8-32-26/h2-4,7-10,13H,5-6,11-12,14-19H2,1H3,(H2,30,37)(H,31,32)(H,33,34). The van der Waals surface area contributed by atoms with Crippen molar-refractivity contribution < 1.29 is 4.79 Å². The largest absolute Gasteiger partial charge is 0.366 e. The summed E-state index contributed by atoms with van der Waals surface area (Å²) in [6, 6.07) is 6.22. The van der Waals surface area contributed by atoms with Crippen LogP contribution in [0.4, 0.5) is 0 Å². The van der Waals surface area contributed by atoms with E-state index in [1.807, 2.05) is 29.8 Å². The predicted octanol–water partition coefficient (Wildman–Crippen LogP) is 3.88. The number of hydrogen-bond donors (Lipinski definition) is 3. The highest BCUT2D eigenvalue weighted by atomic mass is 32.1. The molecule has 1 amide bonds. The number of benzene rings is 1. The van der Waals surface area contributed by atoms with Gasteiger partial charge < -0.3 is 15.7 Å². The van der Waals surface area contributed by atoms with Gasteiger partial charge in [0.2, 0.25) is 5.91 Å². The molecule has 38 heavy (non-hydrogen) atoms. The van der Waals surface area contributed by atoms with Gasteiger partial charge in [0, 0.05) is 74.2 Å². The summed E-state index contributed by atoms with van der Waals surface area (Å²) < 4.78 is 0. The number of aromatic amines is 2. The first-order chi connectivity index (χ1) is 18.5. The number of amides is 1. The average Bonchev–Trinajstić information content (AvgIpc) is 3.72. The van der Waals surface area contributed by atoms with Crippen LogP contribution in [0, 0.1) is 12.3 Å². The van der Waals surface area contributed by atoms with Gasteiger partial charge in [-0.25, -0.2) is 9.97 Å². The van der Waals surface area contributed by atoms with Gasteiger partial charge in [-0.3, -0.25) is 14.6 Å². The molecule has 0 aliphatic carbocycles. The fourth-order valence-electron chi connectivity index (χ4n) is 6.34. The van der Waals surface area contributed by atoms with Crippen molar-refractivity contribution in [3.8, 4) is 0 Å². The number of rotatable bonds is 9. The van der Waals surface area contributed by atoms with Crippen LogP contribution in [0.25, 0.3) is 0 Å². The molecule has 0 radical (unpaired) electrons. The normalized spacial score (nSPS) is 20.1. The molecular weight excluding hydrogens is 494 g/mol. The topological polar surface area (TPSA) is 107 Å². The Bertz CT molecular complexity index is 1390. The Morgan fingerprint density at radius 2 is 1.63 bits per heavy atom. The summed E-state index contributed by atoms with van der Waals surface area (Å²) >= 11 is 1.88. The van der Waals surface area contributed by atoms with Gasteiger partial charge in [-0.2, -0.15) is 0 Å². The lowest BCUT2D eigenvalue weighted by Crippen LogP contribution is -2.31. The Morgan fingerprint density at radius 3 is 2.21 bits per heavy atom. The van der Waals surface area contributed by atoms with E-state index in [-0.39, 0.29) is 0 Å². The zero-order valence-electron chi connectivity index (χ0n) is 21.9. The fourth-order valence-corrected chi connectivity index (χ4v) is 7.28. The number of aryl methyl sites for hydroxylation is 1. The Labute approximate surface area is 227 Å². The summed E-state index contributed by atoms with van der Waals surface area (Å²) in [6.45, 7) is 8.70. The van der Waals surface area contributed by atoms with Crippen molar-refractivity contribution >= 4 is 17.2 Å². The van der Waals surface area contributed by atoms with Gasteiger partial charge in [0.15, 0.2) is 0 Å². The second-order valence-electron chi connectivity index (χ2n) is 11.0. The summed E-state index contributed by atoms with van der Waals surface area (Å²) in [5, 5.41) is 2.21. The Morgan fingerprint density at radius 1 is 0.974 bits per heavy atom. The van der Waals surface area contributed by atoms with Gasteiger partial charge >= 0.3 is 0 Å². The first kappa shape index (κ1) is 25.0. The summed E-state index contributed by atoms with van der Waals surface area (Å²) in [7, 11) is 0. The van der Waals surface area contributed by atoms with Crippen LogP contribution in [0.3, 0.4) is 0 Å². The number of nitrogens with one attached hydrogen (secondary N) is 2. The van der Waals surface area contributed by atoms with E-state index < -0.39 is 5.91 Å². The van der Waals surface area contributed by atoms with Crippen LogP contribution in [0.1, 0.15) is 62.0 Å². The second-order valence-corrected chi connectivity index (χ2v) is 12.0. The lowest BCUT2D eigenvalue weighted by Gasteiger charge is -2.26. The predicted molar refractivity (Wildman–Crippen MR) is 149 cm³/mol. The van der Waals surface area contributed by atoms with Gasteiger partial charge in [0.05, 0.1) is 0 Å². The molecule has 9 heteroatoms. The van der Waals surface area contributed by atoms with Crippen LogP contribution < -0.4 is 5.73 Å². The molecule has 2 fully saturated rings. The number of H-pyrrole nitrogens is 2. The molecule has 8 nitrogen and oxygen atoms in total. The van der Waals surface area contributed by atoms with Crippen LogP contribution in [0.5, 0.6) is 0 Å². The van der Waals surface area contributed by atoms with Gasteiger partial charge in [0.25, 0.3) is 0 Å². The van der Waals surface area contributed by atoms with E-state index in [0.717, 1.165) is 49.0 Å². The maximum absolute atomic E-state index is 12.4. The van der Waals surface area contributed by atoms with Crippen molar-refractivity contribution in [3.63, 3.8) is 0 Å². The summed E-state index contributed by atoms with van der Waals surface area (Å²) in [5.74, 6) is 1.28. The fraction of sp³-hybridized carbons (Fsp3) is 0.414. The molecule has 0 saturated carbocycles. The molecule has 198 valence electrons. The third-order valence-corrected chi connectivity index (χ3v) is 9.36. The monoisotopic (exact) mass is 529 g/mol. The summed E-state index contributed by atoms with van der Waals surface area (Å²) in [5.41, 5.74) is 11.5. The first-order valence-electron chi connectivity index (χ1n) is 13.4. The molecule has 0 bridgehead atoms. The van der Waals surface area contributed by atoms with Crippen LogP contribution >= 0.6 is 11.3 Å². The molecule has 2 aliphatic heterocycles. The zero-order chi connectivity index (χ0) is 26.1. The number of carbonyl (C=O) groups is 1. The molecule has 4 N–H and O–H groups in total. The number of hydrogen-bond acceptors (Lipinski definition) is 6. The molecule has 2 saturated heterocycles. The number of likely N-dealkylation sites (tertiary alicyclic amines) is 2. The maximum Gasteiger partial charge on any atom is 0.249 e. The van der Waals surface area contributed by atoms with Crippen LogP contribution in [0.15, 0.2) is 48.4 Å². The molecule has 6 rings (SSSR count). The Kier molecular flexibility index (Phi) is 6.90. The number of primary amides is 1. The molecule has 3 aromatic heterocycles. The average molecular weight is 530 g/mol. The quantitative estimate of drug-likeness (QED) is 0.305. The van der Waals surface area contributed by atoms with Gasteiger partial charge in [-0.1, -0.05) is 6.07 Å². The summed E-state index contributed by atoms with van der Waals surface area (Å²) in [6.07, 6.45) is 10.8.